The molecule has 3 aromatic carbocycles. The number of nitrogens with one attached hydrogen (secondary N) is 1. The molecule has 7 nitrogen and oxygen atoms in total. The quantitative estimate of drug-likeness (QED) is 0.241. The zero-order valence-corrected chi connectivity index (χ0v) is 21.9. The van der Waals surface area contributed by atoms with E-state index in [9.17, 15) is 10.1 Å². The third-order valence-corrected chi connectivity index (χ3v) is 6.34. The summed E-state index contributed by atoms with van der Waals surface area (Å²) in [5.41, 5.74) is 2.68. The van der Waals surface area contributed by atoms with E-state index in [0.717, 1.165) is 11.1 Å². The van der Waals surface area contributed by atoms with Crippen LogP contribution in [0, 0.1) is 18.3 Å². The van der Waals surface area contributed by atoms with E-state index in [4.69, 9.17) is 30.5 Å². The number of hydrogen-bond acceptors (Lipinski definition) is 6. The topological polar surface area (TPSA) is 89.8 Å². The lowest BCUT2D eigenvalue weighted by Gasteiger charge is -2.15. The average molecular weight is 570 g/mol. The van der Waals surface area contributed by atoms with E-state index in [1.807, 2.05) is 31.2 Å². The summed E-state index contributed by atoms with van der Waals surface area (Å²) >= 11 is 9.67. The molecule has 1 heterocycles. The van der Waals surface area contributed by atoms with Gasteiger partial charge in [-0.25, -0.2) is 0 Å². The number of nitrogens with zero attached hydrogens (tertiary/aromatic N) is 1. The molecule has 1 aliphatic rings. The second-order valence-electron chi connectivity index (χ2n) is 7.78. The van der Waals surface area contributed by atoms with Crippen molar-refractivity contribution in [2.75, 3.05) is 18.7 Å². The second-order valence-corrected chi connectivity index (χ2v) is 9.04. The highest BCUT2D eigenvalue weighted by Gasteiger charge is 2.17. The maximum Gasteiger partial charge on any atom is 0.266 e. The van der Waals surface area contributed by atoms with Crippen LogP contribution in [0.15, 0.2) is 58.6 Å². The number of halogens is 2. The van der Waals surface area contributed by atoms with E-state index in [2.05, 4.69) is 21.2 Å². The van der Waals surface area contributed by atoms with Crippen molar-refractivity contribution in [3.8, 4) is 29.1 Å². The number of rotatable bonds is 8. The van der Waals surface area contributed by atoms with Crippen LogP contribution >= 0.6 is 27.5 Å². The number of benzene rings is 3. The van der Waals surface area contributed by atoms with E-state index in [-0.39, 0.29) is 19.0 Å². The second kappa shape index (κ2) is 11.4. The lowest BCUT2D eigenvalue weighted by molar-refractivity contribution is -0.112. The Labute approximate surface area is 222 Å². The molecular weight excluding hydrogens is 548 g/mol. The maximum atomic E-state index is 12.8. The van der Waals surface area contributed by atoms with E-state index in [1.165, 1.54) is 6.08 Å². The Kier molecular flexibility index (Phi) is 8.04. The SMILES string of the molecule is CCOc1cc(/C=C(\C#N)C(=O)Nc2cccc(Cl)c2C)cc(Br)c1OCc1ccc2c(c1)OCO2. The van der Waals surface area contributed by atoms with Crippen molar-refractivity contribution in [2.45, 2.75) is 20.5 Å². The van der Waals surface area contributed by atoms with E-state index in [0.29, 0.717) is 50.4 Å². The number of anilines is 1. The first-order valence-electron chi connectivity index (χ1n) is 11.1. The largest absolute Gasteiger partial charge is 0.490 e. The molecule has 0 saturated carbocycles. The molecule has 3 aromatic rings. The predicted molar refractivity (Wildman–Crippen MR) is 141 cm³/mol. The number of carbonyl (C=O) groups is 1. The summed E-state index contributed by atoms with van der Waals surface area (Å²) in [6.07, 6.45) is 1.49. The van der Waals surface area contributed by atoms with Gasteiger partial charge in [-0.15, -0.1) is 0 Å². The van der Waals surface area contributed by atoms with Crippen LogP contribution in [0.2, 0.25) is 5.02 Å². The zero-order valence-electron chi connectivity index (χ0n) is 19.6. The minimum absolute atomic E-state index is 0.0715. The molecule has 0 aliphatic carbocycles. The molecule has 9 heteroatoms. The van der Waals surface area contributed by atoms with E-state index in [1.54, 1.807) is 37.3 Å². The molecular formula is C27H22BrClN2O5. The van der Waals surface area contributed by atoms with E-state index < -0.39 is 5.91 Å². The van der Waals surface area contributed by atoms with Crippen molar-refractivity contribution in [1.29, 1.82) is 5.26 Å². The molecule has 0 unspecified atom stereocenters. The first-order valence-corrected chi connectivity index (χ1v) is 12.2. The van der Waals surface area contributed by atoms with Gasteiger partial charge in [-0.2, -0.15) is 5.26 Å². The smallest absolute Gasteiger partial charge is 0.266 e. The number of carbonyl (C=O) groups excluding carboxylic acids is 1. The standard InChI is InChI=1S/C27H22BrClN2O5/c1-3-33-25-12-18(9-19(13-30)27(32)31-22-6-4-5-21(29)16(22)2)10-20(28)26(25)34-14-17-7-8-23-24(11-17)36-15-35-23/h4-12H,3,14-15H2,1-2H3,(H,31,32)/b19-9+. The summed E-state index contributed by atoms with van der Waals surface area (Å²) < 4.78 is 23.2. The van der Waals surface area contributed by atoms with Gasteiger partial charge in [0.25, 0.3) is 5.91 Å². The molecule has 0 bridgehead atoms. The minimum atomic E-state index is -0.542. The lowest BCUT2D eigenvalue weighted by atomic mass is 10.1. The Balaban J connectivity index is 1.56. The number of fused-ring (bicyclic) bond motifs is 1. The van der Waals surface area contributed by atoms with Crippen LogP contribution in [0.25, 0.3) is 6.08 Å². The highest BCUT2D eigenvalue weighted by Crippen LogP contribution is 2.39. The van der Waals surface area contributed by atoms with Crippen molar-refractivity contribution in [1.82, 2.24) is 0 Å². The third kappa shape index (κ3) is 5.76. The Morgan fingerprint density at radius 3 is 2.78 bits per heavy atom. The first kappa shape index (κ1) is 25.4. The highest BCUT2D eigenvalue weighted by atomic mass is 79.9. The van der Waals surface area contributed by atoms with Gasteiger partial charge in [-0.3, -0.25) is 4.79 Å². The van der Waals surface area contributed by atoms with Crippen LogP contribution in [0.3, 0.4) is 0 Å². The van der Waals surface area contributed by atoms with E-state index >= 15 is 0 Å². The number of hydrogen-bond donors (Lipinski definition) is 1. The summed E-state index contributed by atoms with van der Waals surface area (Å²) in [5.74, 6) is 1.82. The van der Waals surface area contributed by atoms with Crippen LogP contribution in [0.4, 0.5) is 5.69 Å². The average Bonchev–Trinajstić information content (AvgIpc) is 3.33. The van der Waals surface area contributed by atoms with Gasteiger partial charge in [0, 0.05) is 10.7 Å². The van der Waals surface area contributed by atoms with Gasteiger partial charge in [-0.1, -0.05) is 23.7 Å². The molecule has 0 atom stereocenters. The molecule has 0 radical (unpaired) electrons. The predicted octanol–water partition coefficient (Wildman–Crippen LogP) is 6.66. The van der Waals surface area contributed by atoms with Crippen LogP contribution < -0.4 is 24.3 Å². The lowest BCUT2D eigenvalue weighted by Crippen LogP contribution is -2.14. The molecule has 1 N–H and O–H groups in total. The summed E-state index contributed by atoms with van der Waals surface area (Å²) in [6.45, 7) is 4.53. The Morgan fingerprint density at radius 1 is 1.19 bits per heavy atom. The number of nitriles is 1. The van der Waals surface area contributed by atoms with Crippen molar-refractivity contribution < 1.29 is 23.7 Å². The van der Waals surface area contributed by atoms with Crippen LogP contribution in [0.5, 0.6) is 23.0 Å². The molecule has 0 saturated heterocycles. The summed E-state index contributed by atoms with van der Waals surface area (Å²) in [6, 6.07) is 16.2. The molecule has 36 heavy (non-hydrogen) atoms. The minimum Gasteiger partial charge on any atom is -0.490 e. The van der Waals surface area contributed by atoms with Crippen molar-refractivity contribution in [2.24, 2.45) is 0 Å². The summed E-state index contributed by atoms with van der Waals surface area (Å²) in [7, 11) is 0. The fourth-order valence-corrected chi connectivity index (χ4v) is 4.26. The monoisotopic (exact) mass is 568 g/mol. The van der Waals surface area contributed by atoms with Crippen LogP contribution in [-0.4, -0.2) is 19.3 Å². The number of ether oxygens (including phenoxy) is 4. The molecule has 4 rings (SSSR count). The van der Waals surface area contributed by atoms with Gasteiger partial charge in [0.1, 0.15) is 18.2 Å². The van der Waals surface area contributed by atoms with Gasteiger partial charge in [0.15, 0.2) is 23.0 Å². The summed E-state index contributed by atoms with van der Waals surface area (Å²) in [4.78, 5) is 12.8. The van der Waals surface area contributed by atoms with Gasteiger partial charge >= 0.3 is 0 Å². The highest BCUT2D eigenvalue weighted by molar-refractivity contribution is 9.10. The fourth-order valence-electron chi connectivity index (χ4n) is 3.51. The van der Waals surface area contributed by atoms with Crippen LogP contribution in [0.1, 0.15) is 23.6 Å². The molecule has 0 fully saturated rings. The van der Waals surface area contributed by atoms with Gasteiger partial charge < -0.3 is 24.3 Å². The van der Waals surface area contributed by atoms with Crippen molar-refractivity contribution >= 4 is 45.2 Å². The Morgan fingerprint density at radius 2 is 2.00 bits per heavy atom. The Hall–Kier alpha value is -3.67. The molecule has 0 aromatic heterocycles. The zero-order chi connectivity index (χ0) is 25.7. The normalized spacial score (nSPS) is 12.1. The first-order chi connectivity index (χ1) is 17.4. The molecule has 1 amide bonds. The summed E-state index contributed by atoms with van der Waals surface area (Å²) in [5, 5.41) is 12.9. The van der Waals surface area contributed by atoms with Crippen molar-refractivity contribution in [3.05, 3.63) is 80.3 Å². The molecule has 0 spiro atoms. The number of amides is 1. The molecule has 184 valence electrons. The molecule has 1 aliphatic heterocycles. The Bertz CT molecular complexity index is 1380. The van der Waals surface area contributed by atoms with Gasteiger partial charge in [-0.05, 0) is 88.9 Å². The van der Waals surface area contributed by atoms with Crippen LogP contribution in [-0.2, 0) is 11.4 Å². The van der Waals surface area contributed by atoms with Crippen molar-refractivity contribution in [3.63, 3.8) is 0 Å². The van der Waals surface area contributed by atoms with Gasteiger partial charge in [0.05, 0.1) is 11.1 Å². The third-order valence-electron chi connectivity index (χ3n) is 5.34. The van der Waals surface area contributed by atoms with Gasteiger partial charge in [0.2, 0.25) is 6.79 Å². The fraction of sp³-hybridized carbons (Fsp3) is 0.185. The maximum absolute atomic E-state index is 12.8.